The van der Waals surface area contributed by atoms with Gasteiger partial charge in [-0.1, -0.05) is 0 Å². The van der Waals surface area contributed by atoms with E-state index in [-0.39, 0.29) is 5.95 Å². The van der Waals surface area contributed by atoms with Gasteiger partial charge >= 0.3 is 0 Å². The average Bonchev–Trinajstić information content (AvgIpc) is 3.28. The highest BCUT2D eigenvalue weighted by atomic mass is 32.1. The molecule has 0 saturated carbocycles. The zero-order chi connectivity index (χ0) is 23.5. The van der Waals surface area contributed by atoms with Crippen molar-refractivity contribution in [3.63, 3.8) is 0 Å². The number of aldehydes is 1. The molecule has 0 radical (unpaired) electrons. The maximum Gasteiger partial charge on any atom is 0.219 e. The summed E-state index contributed by atoms with van der Waals surface area (Å²) in [6.45, 7) is 7.56. The summed E-state index contributed by atoms with van der Waals surface area (Å²) in [7, 11) is 0. The van der Waals surface area contributed by atoms with Gasteiger partial charge in [-0.3, -0.25) is 9.80 Å². The van der Waals surface area contributed by atoms with Gasteiger partial charge in [-0.2, -0.15) is 0 Å². The van der Waals surface area contributed by atoms with E-state index in [2.05, 4.69) is 30.7 Å². The Morgan fingerprint density at radius 3 is 2.50 bits per heavy atom. The number of fused-ring (bicyclic) bond motifs is 1. The molecule has 5 rings (SSSR count). The monoisotopic (exact) mass is 484 g/mol. The zero-order valence-corrected chi connectivity index (χ0v) is 19.7. The van der Waals surface area contributed by atoms with Crippen molar-refractivity contribution >= 4 is 39.6 Å². The van der Waals surface area contributed by atoms with E-state index >= 15 is 0 Å². The summed E-state index contributed by atoms with van der Waals surface area (Å²) in [6.07, 6.45) is 3.00. The van der Waals surface area contributed by atoms with E-state index in [1.807, 2.05) is 0 Å². The molecule has 0 aliphatic carbocycles. The standard InChI is InChI=1S/C22H28N8O3S/c23-22-24-10-15(11-25-22)19-26-20(30-5-7-33-8-6-30)18-9-17(34-21(18)27-19)13-29-3-1-28(2-4-29)12-16(32)14-31/h9-11,14,16,32H,1-8,12-13H2,(H2,23,24,25)/t16-/m0/s1. The summed E-state index contributed by atoms with van der Waals surface area (Å²) in [5.41, 5.74) is 6.39. The molecule has 0 unspecified atom stereocenters. The van der Waals surface area contributed by atoms with Crippen LogP contribution in [-0.4, -0.2) is 106 Å². The third kappa shape index (κ3) is 5.15. The molecule has 2 aliphatic heterocycles. The lowest BCUT2D eigenvalue weighted by molar-refractivity contribution is -0.115. The zero-order valence-electron chi connectivity index (χ0n) is 18.8. The van der Waals surface area contributed by atoms with E-state index in [1.54, 1.807) is 23.7 Å². The number of aliphatic hydroxyl groups is 1. The molecule has 1 atom stereocenters. The number of piperazine rings is 1. The van der Waals surface area contributed by atoms with Crippen molar-refractivity contribution in [1.82, 2.24) is 29.7 Å². The lowest BCUT2D eigenvalue weighted by Crippen LogP contribution is -2.48. The van der Waals surface area contributed by atoms with E-state index in [9.17, 15) is 9.90 Å². The summed E-state index contributed by atoms with van der Waals surface area (Å²) in [5, 5.41) is 10.6. The van der Waals surface area contributed by atoms with Crippen LogP contribution < -0.4 is 10.6 Å². The van der Waals surface area contributed by atoms with Gasteiger partial charge in [-0.15, -0.1) is 11.3 Å². The van der Waals surface area contributed by atoms with Crippen LogP contribution in [0.3, 0.4) is 0 Å². The molecule has 0 bridgehead atoms. The first-order valence-corrected chi connectivity index (χ1v) is 12.2. The number of thiophene rings is 1. The largest absolute Gasteiger partial charge is 0.384 e. The quantitative estimate of drug-likeness (QED) is 0.447. The summed E-state index contributed by atoms with van der Waals surface area (Å²) in [6, 6.07) is 2.20. The van der Waals surface area contributed by atoms with E-state index in [1.165, 1.54) is 4.88 Å². The molecule has 34 heavy (non-hydrogen) atoms. The fraction of sp³-hybridized carbons (Fsp3) is 0.500. The third-order valence-corrected chi connectivity index (χ3v) is 7.12. The number of hydrogen-bond acceptors (Lipinski definition) is 12. The van der Waals surface area contributed by atoms with E-state index in [0.29, 0.717) is 31.9 Å². The van der Waals surface area contributed by atoms with Crippen LogP contribution >= 0.6 is 11.3 Å². The molecule has 180 valence electrons. The van der Waals surface area contributed by atoms with Crippen LogP contribution in [0, 0.1) is 0 Å². The van der Waals surface area contributed by atoms with E-state index < -0.39 is 6.10 Å². The first-order chi connectivity index (χ1) is 16.6. The highest BCUT2D eigenvalue weighted by molar-refractivity contribution is 7.18. The maximum absolute atomic E-state index is 10.7. The summed E-state index contributed by atoms with van der Waals surface area (Å²) >= 11 is 1.68. The van der Waals surface area contributed by atoms with Crippen molar-refractivity contribution in [2.24, 2.45) is 0 Å². The van der Waals surface area contributed by atoms with Gasteiger partial charge in [0.2, 0.25) is 5.95 Å². The van der Waals surface area contributed by atoms with Gasteiger partial charge in [-0.05, 0) is 6.07 Å². The number of nitrogen functional groups attached to an aromatic ring is 1. The Hall–Kier alpha value is -2.77. The summed E-state index contributed by atoms with van der Waals surface area (Å²) in [5.74, 6) is 1.72. The van der Waals surface area contributed by atoms with Gasteiger partial charge in [0.25, 0.3) is 0 Å². The van der Waals surface area contributed by atoms with Crippen LogP contribution in [-0.2, 0) is 16.1 Å². The second-order valence-corrected chi connectivity index (χ2v) is 9.63. The van der Waals surface area contributed by atoms with Gasteiger partial charge in [-0.25, -0.2) is 19.9 Å². The number of anilines is 2. The Bertz CT molecular complexity index is 1130. The van der Waals surface area contributed by atoms with Crippen molar-refractivity contribution in [2.75, 3.05) is 69.7 Å². The minimum atomic E-state index is -0.910. The Kier molecular flexibility index (Phi) is 6.92. The number of morpholine rings is 1. The second-order valence-electron chi connectivity index (χ2n) is 8.51. The fourth-order valence-electron chi connectivity index (χ4n) is 4.29. The molecule has 5 heterocycles. The van der Waals surface area contributed by atoms with Gasteiger partial charge in [0.05, 0.1) is 24.2 Å². The third-order valence-electron chi connectivity index (χ3n) is 6.11. The molecule has 2 fully saturated rings. The lowest BCUT2D eigenvalue weighted by Gasteiger charge is -2.34. The fourth-order valence-corrected chi connectivity index (χ4v) is 5.36. The molecule has 3 aromatic heterocycles. The predicted octanol–water partition coefficient (Wildman–Crippen LogP) is 0.245. The molecule has 3 aromatic rings. The van der Waals surface area contributed by atoms with Crippen LogP contribution in [0.15, 0.2) is 18.5 Å². The Morgan fingerprint density at radius 2 is 1.79 bits per heavy atom. The number of ether oxygens (including phenoxy) is 1. The second kappa shape index (κ2) is 10.2. The molecular formula is C22H28N8O3S. The van der Waals surface area contributed by atoms with Crippen molar-refractivity contribution in [2.45, 2.75) is 12.6 Å². The van der Waals surface area contributed by atoms with E-state index in [0.717, 1.165) is 67.4 Å². The normalized spacial score (nSPS) is 18.9. The molecule has 11 nitrogen and oxygen atoms in total. The van der Waals surface area contributed by atoms with Crippen LogP contribution in [0.1, 0.15) is 4.88 Å². The van der Waals surface area contributed by atoms with Crippen LogP contribution in [0.5, 0.6) is 0 Å². The topological polar surface area (TPSA) is 134 Å². The van der Waals surface area contributed by atoms with Gasteiger partial charge < -0.3 is 25.3 Å². The number of β-amino-alcohol motifs (C(OH)–C–C–N with tert-alkyl or cyclic N) is 1. The van der Waals surface area contributed by atoms with Crippen molar-refractivity contribution < 1.29 is 14.6 Å². The lowest BCUT2D eigenvalue weighted by atomic mass is 10.2. The SMILES string of the molecule is Nc1ncc(-c2nc(N3CCOCC3)c3cc(CN4CCN(C[C@H](O)C=O)CC4)sc3n2)cn1. The summed E-state index contributed by atoms with van der Waals surface area (Å²) < 4.78 is 5.54. The summed E-state index contributed by atoms with van der Waals surface area (Å²) in [4.78, 5) is 37.6. The number of carbonyl (C=O) groups is 1. The van der Waals surface area contributed by atoms with Crippen molar-refractivity contribution in [3.8, 4) is 11.4 Å². The van der Waals surface area contributed by atoms with Gasteiger partial charge in [0.1, 0.15) is 23.0 Å². The number of carbonyl (C=O) groups excluding carboxylic acids is 1. The maximum atomic E-state index is 10.7. The number of hydrogen-bond donors (Lipinski definition) is 2. The first kappa shape index (κ1) is 23.0. The molecule has 3 N–H and O–H groups in total. The minimum Gasteiger partial charge on any atom is -0.384 e. The Balaban J connectivity index is 1.39. The number of aliphatic hydroxyl groups excluding tert-OH is 1. The smallest absolute Gasteiger partial charge is 0.219 e. The molecular weight excluding hydrogens is 456 g/mol. The molecule has 0 aromatic carbocycles. The Morgan fingerprint density at radius 1 is 1.09 bits per heavy atom. The molecule has 0 amide bonds. The van der Waals surface area contributed by atoms with Crippen molar-refractivity contribution in [3.05, 3.63) is 23.3 Å². The van der Waals surface area contributed by atoms with Crippen LogP contribution in [0.2, 0.25) is 0 Å². The highest BCUT2D eigenvalue weighted by Crippen LogP contribution is 2.34. The highest BCUT2D eigenvalue weighted by Gasteiger charge is 2.23. The number of nitrogens with two attached hydrogens (primary N) is 1. The number of aromatic nitrogens is 4. The minimum absolute atomic E-state index is 0.220. The van der Waals surface area contributed by atoms with Crippen LogP contribution in [0.25, 0.3) is 21.6 Å². The number of nitrogens with zero attached hydrogens (tertiary/aromatic N) is 7. The molecule has 2 saturated heterocycles. The van der Waals surface area contributed by atoms with Gasteiger partial charge in [0.15, 0.2) is 5.82 Å². The number of rotatable bonds is 7. The molecule has 2 aliphatic rings. The van der Waals surface area contributed by atoms with Gasteiger partial charge in [0, 0.05) is 69.6 Å². The first-order valence-electron chi connectivity index (χ1n) is 11.4. The molecule has 0 spiro atoms. The van der Waals surface area contributed by atoms with Crippen LogP contribution in [0.4, 0.5) is 11.8 Å². The average molecular weight is 485 g/mol. The Labute approximate surface area is 201 Å². The van der Waals surface area contributed by atoms with Crippen molar-refractivity contribution in [1.29, 1.82) is 0 Å². The van der Waals surface area contributed by atoms with E-state index in [4.69, 9.17) is 20.4 Å². The predicted molar refractivity (Wildman–Crippen MR) is 130 cm³/mol. The molecule has 12 heteroatoms.